The minimum Gasteiger partial charge on any atom is -0.486 e. The van der Waals surface area contributed by atoms with Gasteiger partial charge < -0.3 is 13.3 Å². The Labute approximate surface area is 114 Å². The highest BCUT2D eigenvalue weighted by Crippen LogP contribution is 2.36. The largest absolute Gasteiger partial charge is 0.486 e. The lowest BCUT2D eigenvalue weighted by Crippen LogP contribution is -2.15. The second kappa shape index (κ2) is 6.02. The average molecular weight is 312 g/mol. The van der Waals surface area contributed by atoms with Crippen LogP contribution in [0.4, 0.5) is 0 Å². The van der Waals surface area contributed by atoms with Crippen molar-refractivity contribution in [2.24, 2.45) is 0 Å². The van der Waals surface area contributed by atoms with Crippen LogP contribution >= 0.6 is 16.3 Å². The van der Waals surface area contributed by atoms with Crippen LogP contribution < -0.4 is 9.47 Å². The number of halogens is 1. The highest BCUT2D eigenvalue weighted by molar-refractivity contribution is 9.06. The number of aryl methyl sites for hydroxylation is 1. The first-order valence-corrected chi connectivity index (χ1v) is 6.21. The monoisotopic (exact) mass is 311 g/mol. The van der Waals surface area contributed by atoms with E-state index in [1.165, 1.54) is 0 Å². The second-order valence-corrected chi connectivity index (χ2v) is 4.41. The van der Waals surface area contributed by atoms with E-state index in [1.807, 2.05) is 31.2 Å². The summed E-state index contributed by atoms with van der Waals surface area (Å²) >= 11 is 2.65. The maximum atomic E-state index is 5.61. The van der Waals surface area contributed by atoms with Gasteiger partial charge in [-0.2, -0.15) is 0 Å². The van der Waals surface area contributed by atoms with Crippen LogP contribution in [0, 0.1) is 6.92 Å². The van der Waals surface area contributed by atoms with Gasteiger partial charge >= 0.3 is 0 Å². The fourth-order valence-corrected chi connectivity index (χ4v) is 1.82. The van der Waals surface area contributed by atoms with Gasteiger partial charge in [0.1, 0.15) is 13.2 Å². The number of rotatable bonds is 0. The van der Waals surface area contributed by atoms with Gasteiger partial charge in [0.25, 0.3) is 0 Å². The van der Waals surface area contributed by atoms with E-state index in [0.717, 1.165) is 28.1 Å². The van der Waals surface area contributed by atoms with E-state index in [-0.39, 0.29) is 0 Å². The van der Waals surface area contributed by atoms with E-state index in [1.54, 1.807) is 7.11 Å². The summed E-state index contributed by atoms with van der Waals surface area (Å²) < 4.78 is 15.2. The molecule has 0 saturated carbocycles. The Morgan fingerprint density at radius 3 is 2.67 bits per heavy atom. The fraction of sp³-hybridized carbons (Fsp3) is 0.308. The topological polar surface area (TPSA) is 40.6 Å². The van der Waals surface area contributed by atoms with Crippen molar-refractivity contribution in [3.05, 3.63) is 30.0 Å². The number of ether oxygens (including phenoxy) is 2. The third-order valence-corrected chi connectivity index (χ3v) is 2.51. The number of aromatic nitrogens is 1. The molecule has 1 aliphatic heterocycles. The van der Waals surface area contributed by atoms with E-state index in [0.29, 0.717) is 13.2 Å². The first kappa shape index (κ1) is 13.1. The highest BCUT2D eigenvalue weighted by Gasteiger charge is 2.14. The summed E-state index contributed by atoms with van der Waals surface area (Å²) in [5, 5.41) is 1.03. The van der Waals surface area contributed by atoms with Crippen molar-refractivity contribution in [3.8, 4) is 11.5 Å². The van der Waals surface area contributed by atoms with E-state index in [9.17, 15) is 0 Å². The number of hydrogen-bond donors (Lipinski definition) is 0. The molecule has 0 bridgehead atoms. The maximum Gasteiger partial charge on any atom is 0.170 e. The Hall–Kier alpha value is -1.33. The minimum absolute atomic E-state index is 0.611. The van der Waals surface area contributed by atoms with Crippen LogP contribution in [-0.4, -0.2) is 25.3 Å². The van der Waals surface area contributed by atoms with Gasteiger partial charge in [-0.15, -0.1) is 0 Å². The highest BCUT2D eigenvalue weighted by atomic mass is 79.9. The Morgan fingerprint density at radius 2 is 1.89 bits per heavy atom. The zero-order chi connectivity index (χ0) is 13.0. The number of pyridine rings is 1. The molecule has 0 N–H and O–H groups in total. The van der Waals surface area contributed by atoms with E-state index in [2.05, 4.69) is 25.1 Å². The Bertz CT molecular complexity index is 545. The Balaban J connectivity index is 0.000000367. The summed E-state index contributed by atoms with van der Waals surface area (Å²) in [6.45, 7) is 3.22. The van der Waals surface area contributed by atoms with Gasteiger partial charge in [0, 0.05) is 11.1 Å². The van der Waals surface area contributed by atoms with Gasteiger partial charge in [-0.3, -0.25) is 4.98 Å². The normalized spacial score (nSPS) is 12.8. The molecule has 1 aromatic carbocycles. The van der Waals surface area contributed by atoms with Crippen LogP contribution in [0.25, 0.3) is 10.9 Å². The molecule has 1 aromatic heterocycles. The molecule has 2 heterocycles. The lowest BCUT2D eigenvalue weighted by molar-refractivity contribution is 0.174. The molecule has 0 fully saturated rings. The summed E-state index contributed by atoms with van der Waals surface area (Å²) in [6, 6.07) is 7.91. The average Bonchev–Trinajstić information content (AvgIpc) is 2.39. The third kappa shape index (κ3) is 2.73. The van der Waals surface area contributed by atoms with Crippen LogP contribution in [0.5, 0.6) is 11.5 Å². The molecule has 0 radical (unpaired) electrons. The summed E-state index contributed by atoms with van der Waals surface area (Å²) in [6.07, 6.45) is 0. The van der Waals surface area contributed by atoms with Crippen molar-refractivity contribution in [2.45, 2.75) is 6.92 Å². The molecule has 0 aliphatic carbocycles. The Morgan fingerprint density at radius 1 is 1.17 bits per heavy atom. The molecule has 18 heavy (non-hydrogen) atoms. The minimum atomic E-state index is 0.611. The van der Waals surface area contributed by atoms with Crippen molar-refractivity contribution < 1.29 is 13.3 Å². The van der Waals surface area contributed by atoms with Gasteiger partial charge in [-0.05, 0) is 31.2 Å². The van der Waals surface area contributed by atoms with E-state index in [4.69, 9.17) is 9.47 Å². The molecule has 5 heteroatoms. The standard InChI is InChI=1S/C12H11NO2.CH3BrO/c1-8-2-3-9-10(13-8)4-5-11-12(9)15-7-6-14-11;1-3-2/h2-5H,6-7H2,1H3;1H3. The van der Waals surface area contributed by atoms with E-state index >= 15 is 0 Å². The van der Waals surface area contributed by atoms with Crippen molar-refractivity contribution in [1.82, 2.24) is 4.98 Å². The quantitative estimate of drug-likeness (QED) is 0.749. The van der Waals surface area contributed by atoms with Gasteiger partial charge in [-0.1, -0.05) is 0 Å². The summed E-state index contributed by atoms with van der Waals surface area (Å²) in [4.78, 5) is 4.45. The summed E-state index contributed by atoms with van der Waals surface area (Å²) in [7, 11) is 1.54. The van der Waals surface area contributed by atoms with Crippen LogP contribution in [0.2, 0.25) is 0 Å². The van der Waals surface area contributed by atoms with Crippen molar-refractivity contribution in [1.29, 1.82) is 0 Å². The molecule has 2 aromatic rings. The number of fused-ring (bicyclic) bond motifs is 3. The second-order valence-electron chi connectivity index (χ2n) is 3.76. The van der Waals surface area contributed by atoms with Crippen LogP contribution in [0.15, 0.2) is 24.3 Å². The number of benzene rings is 1. The van der Waals surface area contributed by atoms with Gasteiger partial charge in [-0.25, -0.2) is 0 Å². The van der Waals surface area contributed by atoms with Gasteiger partial charge in [0.15, 0.2) is 11.5 Å². The van der Waals surface area contributed by atoms with Crippen molar-refractivity contribution >= 4 is 27.2 Å². The maximum absolute atomic E-state index is 5.61. The van der Waals surface area contributed by atoms with Crippen LogP contribution in [0.1, 0.15) is 5.69 Å². The SMILES string of the molecule is COBr.Cc1ccc2c3c(ccc2n1)OCCO3. The first-order valence-electron chi connectivity index (χ1n) is 5.57. The number of hydrogen-bond acceptors (Lipinski definition) is 4. The lowest BCUT2D eigenvalue weighted by Gasteiger charge is -2.19. The molecule has 3 rings (SSSR count). The molecule has 0 saturated heterocycles. The Kier molecular flexibility index (Phi) is 4.38. The zero-order valence-electron chi connectivity index (χ0n) is 10.3. The molecule has 0 unspecified atom stereocenters. The molecular weight excluding hydrogens is 298 g/mol. The number of nitrogens with zero attached hydrogens (tertiary/aromatic N) is 1. The first-order chi connectivity index (χ1) is 8.76. The predicted molar refractivity (Wildman–Crippen MR) is 73.4 cm³/mol. The van der Waals surface area contributed by atoms with Gasteiger partial charge in [0.05, 0.1) is 28.9 Å². The van der Waals surface area contributed by atoms with Crippen LogP contribution in [0.3, 0.4) is 0 Å². The lowest BCUT2D eigenvalue weighted by atomic mass is 10.1. The predicted octanol–water partition coefficient (Wildman–Crippen LogP) is 3.26. The molecule has 0 amide bonds. The molecule has 1 aliphatic rings. The molecule has 4 nitrogen and oxygen atoms in total. The van der Waals surface area contributed by atoms with Crippen LogP contribution in [-0.2, 0) is 3.83 Å². The smallest absolute Gasteiger partial charge is 0.170 e. The summed E-state index contributed by atoms with van der Waals surface area (Å²) in [5.74, 6) is 1.64. The van der Waals surface area contributed by atoms with Crippen molar-refractivity contribution in [2.75, 3.05) is 20.3 Å². The zero-order valence-corrected chi connectivity index (χ0v) is 11.9. The third-order valence-electron chi connectivity index (χ3n) is 2.51. The van der Waals surface area contributed by atoms with E-state index < -0.39 is 0 Å². The molecule has 0 atom stereocenters. The van der Waals surface area contributed by atoms with Crippen molar-refractivity contribution in [3.63, 3.8) is 0 Å². The fourth-order valence-electron chi connectivity index (χ4n) is 1.82. The van der Waals surface area contributed by atoms with Gasteiger partial charge in [0.2, 0.25) is 0 Å². The molecule has 0 spiro atoms. The molecule has 96 valence electrons. The molecular formula is C13H14BrNO3. The summed E-state index contributed by atoms with van der Waals surface area (Å²) in [5.41, 5.74) is 1.97.